The van der Waals surface area contributed by atoms with E-state index >= 15 is 0 Å². The van der Waals surface area contributed by atoms with E-state index in [-0.39, 0.29) is 5.56 Å². The van der Waals surface area contributed by atoms with Crippen LogP contribution in [0.3, 0.4) is 0 Å². The van der Waals surface area contributed by atoms with E-state index in [2.05, 4.69) is 29.1 Å². The van der Waals surface area contributed by atoms with Crippen LogP contribution in [0.4, 0.5) is 0 Å². The number of hydrogen-bond donors (Lipinski definition) is 2. The number of thioether (sulfide) groups is 1. The molecule has 0 aromatic carbocycles. The quantitative estimate of drug-likeness (QED) is 0.578. The SMILES string of the molecule is CCCC(NC)C(CC)Sc1nccc(=O)[nH]1. The summed E-state index contributed by atoms with van der Waals surface area (Å²) in [5.74, 6) is 0. The van der Waals surface area contributed by atoms with Crippen molar-refractivity contribution >= 4 is 11.8 Å². The van der Waals surface area contributed by atoms with Crippen LogP contribution >= 0.6 is 11.8 Å². The Morgan fingerprint density at radius 2 is 2.29 bits per heavy atom. The van der Waals surface area contributed by atoms with E-state index in [4.69, 9.17) is 0 Å². The van der Waals surface area contributed by atoms with Crippen molar-refractivity contribution in [1.29, 1.82) is 0 Å². The zero-order chi connectivity index (χ0) is 12.7. The van der Waals surface area contributed by atoms with Crippen molar-refractivity contribution < 1.29 is 0 Å². The largest absolute Gasteiger partial charge is 0.316 e. The molecule has 0 saturated carbocycles. The van der Waals surface area contributed by atoms with E-state index in [1.165, 1.54) is 6.07 Å². The van der Waals surface area contributed by atoms with E-state index in [0.717, 1.165) is 19.3 Å². The van der Waals surface area contributed by atoms with Crippen LogP contribution < -0.4 is 10.9 Å². The second-order valence-electron chi connectivity index (χ2n) is 3.99. The summed E-state index contributed by atoms with van der Waals surface area (Å²) in [7, 11) is 1.99. The van der Waals surface area contributed by atoms with Crippen molar-refractivity contribution in [3.05, 3.63) is 22.6 Å². The second kappa shape index (κ2) is 7.50. The average molecular weight is 255 g/mol. The number of H-pyrrole nitrogens is 1. The lowest BCUT2D eigenvalue weighted by Gasteiger charge is -2.24. The van der Waals surface area contributed by atoms with Crippen molar-refractivity contribution in [1.82, 2.24) is 15.3 Å². The summed E-state index contributed by atoms with van der Waals surface area (Å²) in [6.45, 7) is 4.35. The van der Waals surface area contributed by atoms with Gasteiger partial charge in [-0.3, -0.25) is 4.79 Å². The Morgan fingerprint density at radius 3 is 2.82 bits per heavy atom. The number of aromatic amines is 1. The molecule has 0 aliphatic heterocycles. The van der Waals surface area contributed by atoms with E-state index in [1.54, 1.807) is 18.0 Å². The molecule has 96 valence electrons. The maximum absolute atomic E-state index is 11.2. The topological polar surface area (TPSA) is 57.8 Å². The molecule has 4 nitrogen and oxygen atoms in total. The van der Waals surface area contributed by atoms with Gasteiger partial charge in [-0.2, -0.15) is 0 Å². The molecule has 0 amide bonds. The zero-order valence-electron chi connectivity index (χ0n) is 10.7. The van der Waals surface area contributed by atoms with Crippen LogP contribution in [0.15, 0.2) is 22.2 Å². The van der Waals surface area contributed by atoms with Gasteiger partial charge >= 0.3 is 0 Å². The maximum atomic E-state index is 11.2. The van der Waals surface area contributed by atoms with Gasteiger partial charge < -0.3 is 10.3 Å². The number of rotatable bonds is 7. The fourth-order valence-corrected chi connectivity index (χ4v) is 3.00. The summed E-state index contributed by atoms with van der Waals surface area (Å²) >= 11 is 1.65. The highest BCUT2D eigenvalue weighted by Gasteiger charge is 2.19. The normalized spacial score (nSPS) is 14.5. The summed E-state index contributed by atoms with van der Waals surface area (Å²) in [5, 5.41) is 4.49. The Kier molecular flexibility index (Phi) is 6.29. The Hall–Kier alpha value is -0.810. The van der Waals surface area contributed by atoms with Crippen LogP contribution in [0.2, 0.25) is 0 Å². The molecule has 0 radical (unpaired) electrons. The Labute approximate surface area is 107 Å². The van der Waals surface area contributed by atoms with Crippen molar-refractivity contribution in [2.24, 2.45) is 0 Å². The molecule has 1 rings (SSSR count). The first-order chi connectivity index (χ1) is 8.21. The molecule has 0 aliphatic rings. The van der Waals surface area contributed by atoms with Crippen LogP contribution in [0, 0.1) is 0 Å². The predicted octanol–water partition coefficient (Wildman–Crippen LogP) is 2.03. The smallest absolute Gasteiger partial charge is 0.251 e. The van der Waals surface area contributed by atoms with Crippen LogP contribution in [0.5, 0.6) is 0 Å². The van der Waals surface area contributed by atoms with Gasteiger partial charge in [0, 0.05) is 23.6 Å². The Bertz CT molecular complexity index is 380. The molecular weight excluding hydrogens is 234 g/mol. The zero-order valence-corrected chi connectivity index (χ0v) is 11.5. The van der Waals surface area contributed by atoms with Crippen LogP contribution in [0.1, 0.15) is 33.1 Å². The first-order valence-corrected chi connectivity index (χ1v) is 6.98. The van der Waals surface area contributed by atoms with Gasteiger partial charge in [-0.1, -0.05) is 32.0 Å². The molecule has 2 unspecified atom stereocenters. The summed E-state index contributed by atoms with van der Waals surface area (Å²) < 4.78 is 0. The lowest BCUT2D eigenvalue weighted by molar-refractivity contribution is 0.489. The summed E-state index contributed by atoms with van der Waals surface area (Å²) in [6, 6.07) is 1.90. The highest BCUT2D eigenvalue weighted by Crippen LogP contribution is 2.25. The number of aromatic nitrogens is 2. The average Bonchev–Trinajstić information content (AvgIpc) is 2.33. The third kappa shape index (κ3) is 4.52. The van der Waals surface area contributed by atoms with Gasteiger partial charge in [0.25, 0.3) is 5.56 Å². The monoisotopic (exact) mass is 255 g/mol. The first kappa shape index (κ1) is 14.3. The highest BCUT2D eigenvalue weighted by molar-refractivity contribution is 7.99. The molecule has 0 spiro atoms. The lowest BCUT2D eigenvalue weighted by Crippen LogP contribution is -2.35. The van der Waals surface area contributed by atoms with E-state index in [9.17, 15) is 4.79 Å². The Morgan fingerprint density at radius 1 is 1.53 bits per heavy atom. The molecule has 2 N–H and O–H groups in total. The van der Waals surface area contributed by atoms with Gasteiger partial charge in [-0.25, -0.2) is 4.98 Å². The molecule has 17 heavy (non-hydrogen) atoms. The summed E-state index contributed by atoms with van der Waals surface area (Å²) in [6.07, 6.45) is 4.90. The molecule has 0 fully saturated rings. The van der Waals surface area contributed by atoms with E-state index in [1.807, 2.05) is 7.05 Å². The van der Waals surface area contributed by atoms with Crippen LogP contribution in [0.25, 0.3) is 0 Å². The molecule has 0 aliphatic carbocycles. The molecule has 1 aromatic rings. The molecule has 0 saturated heterocycles. The first-order valence-electron chi connectivity index (χ1n) is 6.10. The van der Waals surface area contributed by atoms with E-state index in [0.29, 0.717) is 16.4 Å². The van der Waals surface area contributed by atoms with Gasteiger partial charge in [0.2, 0.25) is 0 Å². The number of hydrogen-bond acceptors (Lipinski definition) is 4. The van der Waals surface area contributed by atoms with Gasteiger partial charge in [0.05, 0.1) is 0 Å². The number of nitrogens with one attached hydrogen (secondary N) is 2. The minimum absolute atomic E-state index is 0.0890. The fourth-order valence-electron chi connectivity index (χ4n) is 1.83. The third-order valence-corrected chi connectivity index (χ3v) is 4.13. The van der Waals surface area contributed by atoms with Crippen LogP contribution in [-0.2, 0) is 0 Å². The standard InChI is InChI=1S/C12H21N3OS/c1-4-6-9(13-3)10(5-2)17-12-14-8-7-11(16)15-12/h7-10,13H,4-6H2,1-3H3,(H,14,15,16). The molecule has 1 aromatic heterocycles. The number of nitrogens with zero attached hydrogens (tertiary/aromatic N) is 1. The molecule has 2 atom stereocenters. The highest BCUT2D eigenvalue weighted by atomic mass is 32.2. The van der Waals surface area contributed by atoms with Gasteiger partial charge in [-0.15, -0.1) is 0 Å². The fraction of sp³-hybridized carbons (Fsp3) is 0.667. The molecular formula is C12H21N3OS. The van der Waals surface area contributed by atoms with Gasteiger partial charge in [0.1, 0.15) is 0 Å². The van der Waals surface area contributed by atoms with Crippen molar-refractivity contribution in [3.8, 4) is 0 Å². The van der Waals surface area contributed by atoms with Gasteiger partial charge in [-0.05, 0) is 19.9 Å². The summed E-state index contributed by atoms with van der Waals surface area (Å²) in [4.78, 5) is 18.1. The molecule has 0 bridgehead atoms. The van der Waals surface area contributed by atoms with E-state index < -0.39 is 0 Å². The second-order valence-corrected chi connectivity index (χ2v) is 5.22. The van der Waals surface area contributed by atoms with Crippen molar-refractivity contribution in [2.75, 3.05) is 7.05 Å². The molecule has 1 heterocycles. The Balaban J connectivity index is 2.71. The van der Waals surface area contributed by atoms with Gasteiger partial charge in [0.15, 0.2) is 5.16 Å². The summed E-state index contributed by atoms with van der Waals surface area (Å²) in [5.41, 5.74) is -0.0890. The lowest BCUT2D eigenvalue weighted by atomic mass is 10.1. The maximum Gasteiger partial charge on any atom is 0.251 e. The van der Waals surface area contributed by atoms with Crippen LogP contribution in [-0.4, -0.2) is 28.3 Å². The molecule has 5 heteroatoms. The predicted molar refractivity (Wildman–Crippen MR) is 72.5 cm³/mol. The third-order valence-electron chi connectivity index (χ3n) is 2.73. The van der Waals surface area contributed by atoms with Crippen molar-refractivity contribution in [3.63, 3.8) is 0 Å². The van der Waals surface area contributed by atoms with Crippen molar-refractivity contribution in [2.45, 2.75) is 49.6 Å². The minimum atomic E-state index is -0.0890. The minimum Gasteiger partial charge on any atom is -0.316 e.